The number of carbonyl (C=O) groups excluding carboxylic acids is 2. The molecule has 1 fully saturated rings. The molecule has 0 spiro atoms. The van der Waals surface area contributed by atoms with Crippen molar-refractivity contribution in [1.29, 1.82) is 0 Å². The van der Waals surface area contributed by atoms with Crippen molar-refractivity contribution in [2.24, 2.45) is 11.8 Å². The number of carbonyl (C=O) groups is 2. The first-order valence-corrected chi connectivity index (χ1v) is 9.68. The summed E-state index contributed by atoms with van der Waals surface area (Å²) in [5.74, 6) is 1.25. The second kappa shape index (κ2) is 9.52. The van der Waals surface area contributed by atoms with Gasteiger partial charge in [-0.05, 0) is 48.2 Å². The van der Waals surface area contributed by atoms with Gasteiger partial charge in [-0.15, -0.1) is 0 Å². The molecule has 0 bridgehead atoms. The molecule has 7 heteroatoms. The Balaban J connectivity index is 1.76. The third-order valence-corrected chi connectivity index (χ3v) is 5.19. The number of hydrogen-bond donors (Lipinski definition) is 0. The molecule has 1 aliphatic rings. The van der Waals surface area contributed by atoms with E-state index in [1.54, 1.807) is 26.4 Å². The van der Waals surface area contributed by atoms with E-state index < -0.39 is 5.97 Å². The molecule has 3 rings (SSSR count). The minimum Gasteiger partial charge on any atom is -0.493 e. The highest BCUT2D eigenvalue weighted by atomic mass is 16.6. The summed E-state index contributed by atoms with van der Waals surface area (Å²) in [4.78, 5) is 23.6. The number of cyclic esters (lactones) is 1. The topological polar surface area (TPSA) is 80.3 Å². The van der Waals surface area contributed by atoms with Gasteiger partial charge in [0.05, 0.1) is 33.9 Å². The molecule has 2 aromatic rings. The molecular weight excluding hydrogens is 388 g/mol. The fraction of sp³-hybridized carbons (Fsp3) is 0.391. The molecule has 2 aromatic carbocycles. The Kier molecular flexibility index (Phi) is 6.82. The fourth-order valence-corrected chi connectivity index (χ4v) is 3.70. The maximum Gasteiger partial charge on any atom is 0.309 e. The largest absolute Gasteiger partial charge is 0.493 e. The highest BCUT2D eigenvalue weighted by Gasteiger charge is 2.37. The normalized spacial score (nSPS) is 17.9. The molecule has 0 N–H and O–H groups in total. The molecule has 0 radical (unpaired) electrons. The van der Waals surface area contributed by atoms with Crippen LogP contribution in [0.15, 0.2) is 36.4 Å². The summed E-state index contributed by atoms with van der Waals surface area (Å²) in [5.41, 5.74) is 1.95. The number of hydrogen-bond acceptors (Lipinski definition) is 7. The van der Waals surface area contributed by atoms with Gasteiger partial charge < -0.3 is 23.7 Å². The SMILES string of the molecule is COc1ccc(C[C@H]2COC(=O)[C@@H]2Cc2ccc(OC(C)=O)c(OC)c2)cc1OC. The van der Waals surface area contributed by atoms with Crippen molar-refractivity contribution in [1.82, 2.24) is 0 Å². The summed E-state index contributed by atoms with van der Waals surface area (Å²) >= 11 is 0. The van der Waals surface area contributed by atoms with Crippen LogP contribution in [0.5, 0.6) is 23.0 Å². The first-order valence-electron chi connectivity index (χ1n) is 9.68. The zero-order chi connectivity index (χ0) is 21.7. The molecule has 1 heterocycles. The molecule has 0 saturated carbocycles. The van der Waals surface area contributed by atoms with Crippen molar-refractivity contribution in [3.63, 3.8) is 0 Å². The van der Waals surface area contributed by atoms with E-state index in [2.05, 4.69) is 0 Å². The molecule has 1 aliphatic heterocycles. The maximum atomic E-state index is 12.4. The molecular formula is C23H26O7. The van der Waals surface area contributed by atoms with Crippen molar-refractivity contribution >= 4 is 11.9 Å². The monoisotopic (exact) mass is 414 g/mol. The predicted molar refractivity (Wildman–Crippen MR) is 109 cm³/mol. The lowest BCUT2D eigenvalue weighted by atomic mass is 9.85. The standard InChI is InChI=1S/C23H26O7/c1-14(24)30-20-8-6-16(12-22(20)28-4)10-18-17(13-29-23(18)25)9-15-5-7-19(26-2)21(11-15)27-3/h5-8,11-12,17-18H,9-10,13H2,1-4H3/t17-,18+/m0/s1. The van der Waals surface area contributed by atoms with E-state index in [9.17, 15) is 9.59 Å². The second-order valence-corrected chi connectivity index (χ2v) is 7.17. The van der Waals surface area contributed by atoms with Gasteiger partial charge in [-0.2, -0.15) is 0 Å². The molecule has 0 amide bonds. The zero-order valence-corrected chi connectivity index (χ0v) is 17.6. The van der Waals surface area contributed by atoms with E-state index in [0.29, 0.717) is 42.4 Å². The molecule has 0 unspecified atom stereocenters. The van der Waals surface area contributed by atoms with Crippen LogP contribution in [-0.2, 0) is 27.2 Å². The van der Waals surface area contributed by atoms with Crippen LogP contribution in [0.3, 0.4) is 0 Å². The summed E-state index contributed by atoms with van der Waals surface area (Å²) in [6.07, 6.45) is 1.19. The van der Waals surface area contributed by atoms with Crippen molar-refractivity contribution in [3.8, 4) is 23.0 Å². The number of rotatable bonds is 8. The summed E-state index contributed by atoms with van der Waals surface area (Å²) in [7, 11) is 4.70. The molecule has 160 valence electrons. The second-order valence-electron chi connectivity index (χ2n) is 7.17. The van der Waals surface area contributed by atoms with Gasteiger partial charge in [0.1, 0.15) is 0 Å². The van der Waals surface area contributed by atoms with Crippen molar-refractivity contribution in [2.75, 3.05) is 27.9 Å². The highest BCUT2D eigenvalue weighted by molar-refractivity contribution is 5.75. The van der Waals surface area contributed by atoms with E-state index in [4.69, 9.17) is 23.7 Å². The minimum absolute atomic E-state index is 0.0368. The highest BCUT2D eigenvalue weighted by Crippen LogP contribution is 2.35. The first kappa shape index (κ1) is 21.5. The molecule has 0 aromatic heterocycles. The average Bonchev–Trinajstić information content (AvgIpc) is 3.07. The van der Waals surface area contributed by atoms with Crippen LogP contribution in [0.2, 0.25) is 0 Å². The summed E-state index contributed by atoms with van der Waals surface area (Å²) in [6.45, 7) is 1.71. The third-order valence-electron chi connectivity index (χ3n) is 5.19. The molecule has 0 aliphatic carbocycles. The van der Waals surface area contributed by atoms with Gasteiger partial charge in [-0.1, -0.05) is 12.1 Å². The van der Waals surface area contributed by atoms with Crippen LogP contribution in [0, 0.1) is 11.8 Å². The van der Waals surface area contributed by atoms with Crippen LogP contribution in [-0.4, -0.2) is 39.9 Å². The van der Waals surface area contributed by atoms with Gasteiger partial charge in [0.25, 0.3) is 0 Å². The number of benzene rings is 2. The zero-order valence-electron chi connectivity index (χ0n) is 17.6. The quantitative estimate of drug-likeness (QED) is 0.485. The van der Waals surface area contributed by atoms with Crippen LogP contribution < -0.4 is 18.9 Å². The number of ether oxygens (including phenoxy) is 5. The molecule has 30 heavy (non-hydrogen) atoms. The van der Waals surface area contributed by atoms with Gasteiger partial charge in [0, 0.05) is 12.8 Å². The Hall–Kier alpha value is -3.22. The Morgan fingerprint density at radius 2 is 1.47 bits per heavy atom. The van der Waals surface area contributed by atoms with Crippen LogP contribution in [0.1, 0.15) is 18.1 Å². The van der Waals surface area contributed by atoms with Gasteiger partial charge in [-0.3, -0.25) is 9.59 Å². The Morgan fingerprint density at radius 1 is 0.900 bits per heavy atom. The lowest BCUT2D eigenvalue weighted by Gasteiger charge is -2.17. The lowest BCUT2D eigenvalue weighted by molar-refractivity contribution is -0.141. The smallest absolute Gasteiger partial charge is 0.309 e. The Bertz CT molecular complexity index is 922. The van der Waals surface area contributed by atoms with E-state index in [-0.39, 0.29) is 17.8 Å². The maximum absolute atomic E-state index is 12.4. The summed E-state index contributed by atoms with van der Waals surface area (Å²) in [5, 5.41) is 0. The summed E-state index contributed by atoms with van der Waals surface area (Å²) in [6, 6.07) is 11.1. The van der Waals surface area contributed by atoms with Crippen molar-refractivity contribution in [2.45, 2.75) is 19.8 Å². The van der Waals surface area contributed by atoms with Gasteiger partial charge in [0.2, 0.25) is 0 Å². The Labute approximate surface area is 175 Å². The Morgan fingerprint density at radius 3 is 2.07 bits per heavy atom. The molecule has 1 saturated heterocycles. The lowest BCUT2D eigenvalue weighted by Crippen LogP contribution is -2.20. The first-order chi connectivity index (χ1) is 14.4. The predicted octanol–water partition coefficient (Wildman–Crippen LogP) is 3.21. The van der Waals surface area contributed by atoms with Crippen LogP contribution >= 0.6 is 0 Å². The van der Waals surface area contributed by atoms with E-state index >= 15 is 0 Å². The van der Waals surface area contributed by atoms with E-state index in [0.717, 1.165) is 11.1 Å². The number of esters is 2. The molecule has 7 nitrogen and oxygen atoms in total. The van der Waals surface area contributed by atoms with Crippen LogP contribution in [0.25, 0.3) is 0 Å². The average molecular weight is 414 g/mol. The fourth-order valence-electron chi connectivity index (χ4n) is 3.70. The van der Waals surface area contributed by atoms with Crippen molar-refractivity contribution < 1.29 is 33.3 Å². The summed E-state index contributed by atoms with van der Waals surface area (Å²) < 4.78 is 26.5. The minimum atomic E-state index is -0.421. The van der Waals surface area contributed by atoms with E-state index in [1.807, 2.05) is 24.3 Å². The van der Waals surface area contributed by atoms with E-state index in [1.165, 1.54) is 14.0 Å². The molecule has 2 atom stereocenters. The number of methoxy groups -OCH3 is 3. The van der Waals surface area contributed by atoms with Gasteiger partial charge >= 0.3 is 11.9 Å². The van der Waals surface area contributed by atoms with Crippen LogP contribution in [0.4, 0.5) is 0 Å². The third kappa shape index (κ3) is 4.84. The van der Waals surface area contributed by atoms with Gasteiger partial charge in [0.15, 0.2) is 23.0 Å². The van der Waals surface area contributed by atoms with Crippen molar-refractivity contribution in [3.05, 3.63) is 47.5 Å². The van der Waals surface area contributed by atoms with Gasteiger partial charge in [-0.25, -0.2) is 0 Å².